The Morgan fingerprint density at radius 2 is 2.00 bits per heavy atom. The molecule has 2 rings (SSSR count). The lowest BCUT2D eigenvalue weighted by Gasteiger charge is -2.28. The van der Waals surface area contributed by atoms with Crippen LogP contribution in [0.3, 0.4) is 0 Å². The van der Waals surface area contributed by atoms with Crippen LogP contribution in [0.1, 0.15) is 37.2 Å². The molecule has 116 valence electrons. The molecule has 0 aromatic heterocycles. The van der Waals surface area contributed by atoms with Gasteiger partial charge in [0.15, 0.2) is 0 Å². The van der Waals surface area contributed by atoms with Crippen molar-refractivity contribution in [2.24, 2.45) is 0 Å². The average Bonchev–Trinajstić information content (AvgIpc) is 3.01. The lowest BCUT2D eigenvalue weighted by molar-refractivity contribution is -0.142. The molecule has 1 aliphatic carbocycles. The molecule has 4 heteroatoms. The first-order valence-corrected chi connectivity index (χ1v) is 8.82. The summed E-state index contributed by atoms with van der Waals surface area (Å²) < 4.78 is 5.32. The molecule has 0 aliphatic heterocycles. The second-order valence-corrected chi connectivity index (χ2v) is 6.99. The molecule has 1 aromatic rings. The Labute approximate surface area is 131 Å². The van der Waals surface area contributed by atoms with Crippen LogP contribution < -0.4 is 5.32 Å². The Morgan fingerprint density at radius 1 is 1.33 bits per heavy atom. The summed E-state index contributed by atoms with van der Waals surface area (Å²) in [4.78, 5) is 12.0. The van der Waals surface area contributed by atoms with Crippen LogP contribution in [0.15, 0.2) is 30.3 Å². The van der Waals surface area contributed by atoms with Crippen LogP contribution in [0.5, 0.6) is 0 Å². The highest BCUT2D eigenvalue weighted by Crippen LogP contribution is 2.39. The van der Waals surface area contributed by atoms with E-state index in [2.05, 4.69) is 11.6 Å². The number of carbonyl (C=O) groups excluding carboxylic acids is 1. The molecule has 3 nitrogen and oxygen atoms in total. The van der Waals surface area contributed by atoms with Crippen molar-refractivity contribution in [3.05, 3.63) is 35.9 Å². The molecule has 1 fully saturated rings. The van der Waals surface area contributed by atoms with Crippen molar-refractivity contribution in [3.8, 4) is 0 Å². The Balaban J connectivity index is 1.95. The molecule has 1 aliphatic rings. The van der Waals surface area contributed by atoms with E-state index in [-0.39, 0.29) is 11.9 Å². The fourth-order valence-corrected chi connectivity index (χ4v) is 4.02. The maximum Gasteiger partial charge on any atom is 0.314 e. The van der Waals surface area contributed by atoms with Crippen molar-refractivity contribution in [1.82, 2.24) is 5.32 Å². The normalized spacial score (nSPS) is 18.4. The summed E-state index contributed by atoms with van der Waals surface area (Å²) in [6.07, 6.45) is 7.38. The van der Waals surface area contributed by atoms with Gasteiger partial charge in [-0.25, -0.2) is 0 Å². The summed E-state index contributed by atoms with van der Waals surface area (Å²) in [6, 6.07) is 9.87. The molecular weight excluding hydrogens is 282 g/mol. The number of thioether (sulfide) groups is 1. The Bertz CT molecular complexity index is 443. The van der Waals surface area contributed by atoms with Gasteiger partial charge in [0.25, 0.3) is 0 Å². The molecular formula is C17H25NO2S. The van der Waals surface area contributed by atoms with Gasteiger partial charge in [0.05, 0.1) is 13.0 Å². The standard InChI is InChI=1S/C17H25NO2S/c1-20-16(19)15(14-8-4-3-5-9-14)12-18-13-17(21-2)10-6-7-11-17/h3-5,8-9,15,18H,6-7,10-13H2,1-2H3. The number of nitrogens with one attached hydrogen (secondary N) is 1. The van der Waals surface area contributed by atoms with E-state index in [1.54, 1.807) is 0 Å². The highest BCUT2D eigenvalue weighted by atomic mass is 32.2. The summed E-state index contributed by atoms with van der Waals surface area (Å²) in [6.45, 7) is 1.60. The first-order chi connectivity index (χ1) is 10.2. The zero-order valence-corrected chi connectivity index (χ0v) is 13.7. The van der Waals surface area contributed by atoms with Crippen LogP contribution >= 0.6 is 11.8 Å². The third kappa shape index (κ3) is 4.24. The average molecular weight is 307 g/mol. The first kappa shape index (κ1) is 16.4. The van der Waals surface area contributed by atoms with E-state index in [1.165, 1.54) is 32.8 Å². The zero-order valence-electron chi connectivity index (χ0n) is 12.9. The number of hydrogen-bond acceptors (Lipinski definition) is 4. The molecule has 0 heterocycles. The maximum absolute atomic E-state index is 12.0. The number of ether oxygens (including phenoxy) is 1. The van der Waals surface area contributed by atoms with E-state index in [0.717, 1.165) is 12.1 Å². The van der Waals surface area contributed by atoms with Crippen molar-refractivity contribution in [1.29, 1.82) is 0 Å². The third-order valence-electron chi connectivity index (χ3n) is 4.43. The minimum absolute atomic E-state index is 0.168. The number of rotatable bonds is 7. The van der Waals surface area contributed by atoms with Gasteiger partial charge in [-0.3, -0.25) is 4.79 Å². The predicted molar refractivity (Wildman–Crippen MR) is 88.8 cm³/mol. The predicted octanol–water partition coefficient (Wildman–Crippen LogP) is 3.21. The van der Waals surface area contributed by atoms with Gasteiger partial charge in [-0.2, -0.15) is 11.8 Å². The second-order valence-electron chi connectivity index (χ2n) is 5.71. The van der Waals surface area contributed by atoms with Crippen LogP contribution in [0, 0.1) is 0 Å². The smallest absolute Gasteiger partial charge is 0.314 e. The van der Waals surface area contributed by atoms with Gasteiger partial charge < -0.3 is 10.1 Å². The van der Waals surface area contributed by atoms with Gasteiger partial charge in [0.1, 0.15) is 0 Å². The maximum atomic E-state index is 12.0. The summed E-state index contributed by atoms with van der Waals surface area (Å²) in [5.74, 6) is -0.394. The fraction of sp³-hybridized carbons (Fsp3) is 0.588. The first-order valence-electron chi connectivity index (χ1n) is 7.59. The third-order valence-corrected chi connectivity index (χ3v) is 5.85. The number of methoxy groups -OCH3 is 1. The number of carbonyl (C=O) groups is 1. The largest absolute Gasteiger partial charge is 0.469 e. The number of hydrogen-bond donors (Lipinski definition) is 1. The minimum atomic E-state index is -0.225. The van der Waals surface area contributed by atoms with Gasteiger partial charge in [-0.05, 0) is 24.7 Å². The van der Waals surface area contributed by atoms with Gasteiger partial charge in [0, 0.05) is 17.8 Å². The molecule has 21 heavy (non-hydrogen) atoms. The molecule has 1 N–H and O–H groups in total. The molecule has 0 spiro atoms. The molecule has 1 unspecified atom stereocenters. The summed E-state index contributed by atoms with van der Waals surface area (Å²) >= 11 is 1.96. The van der Waals surface area contributed by atoms with Gasteiger partial charge in [0.2, 0.25) is 0 Å². The molecule has 0 bridgehead atoms. The highest BCUT2D eigenvalue weighted by Gasteiger charge is 2.33. The van der Waals surface area contributed by atoms with Crippen LogP contribution in [-0.4, -0.2) is 37.2 Å². The van der Waals surface area contributed by atoms with Crippen molar-refractivity contribution < 1.29 is 9.53 Å². The van der Waals surface area contributed by atoms with Crippen molar-refractivity contribution in [2.45, 2.75) is 36.3 Å². The van der Waals surface area contributed by atoms with E-state index in [0.29, 0.717) is 11.3 Å². The zero-order chi connectivity index (χ0) is 15.1. The Morgan fingerprint density at radius 3 is 2.57 bits per heavy atom. The quantitative estimate of drug-likeness (QED) is 0.785. The van der Waals surface area contributed by atoms with Crippen LogP contribution in [0.2, 0.25) is 0 Å². The minimum Gasteiger partial charge on any atom is -0.469 e. The van der Waals surface area contributed by atoms with Gasteiger partial charge in [-0.15, -0.1) is 0 Å². The van der Waals surface area contributed by atoms with Crippen molar-refractivity contribution in [2.75, 3.05) is 26.5 Å². The monoisotopic (exact) mass is 307 g/mol. The topological polar surface area (TPSA) is 38.3 Å². The van der Waals surface area contributed by atoms with Crippen LogP contribution in [0.25, 0.3) is 0 Å². The Hall–Kier alpha value is -1.00. The second kappa shape index (κ2) is 7.85. The summed E-state index contributed by atoms with van der Waals surface area (Å²) in [7, 11) is 1.46. The molecule has 0 amide bonds. The molecule has 0 radical (unpaired) electrons. The number of benzene rings is 1. The van der Waals surface area contributed by atoms with E-state index in [1.807, 2.05) is 42.1 Å². The van der Waals surface area contributed by atoms with Crippen molar-refractivity contribution >= 4 is 17.7 Å². The van der Waals surface area contributed by atoms with E-state index in [9.17, 15) is 4.79 Å². The number of esters is 1. The van der Waals surface area contributed by atoms with Crippen LogP contribution in [-0.2, 0) is 9.53 Å². The summed E-state index contributed by atoms with van der Waals surface area (Å²) in [5.41, 5.74) is 1.02. The van der Waals surface area contributed by atoms with Gasteiger partial charge >= 0.3 is 5.97 Å². The lowest BCUT2D eigenvalue weighted by Crippen LogP contribution is -2.38. The SMILES string of the molecule is COC(=O)C(CNCC1(SC)CCCC1)c1ccccc1. The van der Waals surface area contributed by atoms with Crippen molar-refractivity contribution in [3.63, 3.8) is 0 Å². The van der Waals surface area contributed by atoms with E-state index >= 15 is 0 Å². The van der Waals surface area contributed by atoms with E-state index < -0.39 is 0 Å². The lowest BCUT2D eigenvalue weighted by atomic mass is 9.98. The van der Waals surface area contributed by atoms with Crippen LogP contribution in [0.4, 0.5) is 0 Å². The molecule has 1 saturated carbocycles. The summed E-state index contributed by atoms with van der Waals surface area (Å²) in [5, 5.41) is 3.51. The molecule has 1 atom stereocenters. The highest BCUT2D eigenvalue weighted by molar-refractivity contribution is 8.00. The fourth-order valence-electron chi connectivity index (χ4n) is 3.08. The molecule has 0 saturated heterocycles. The van der Waals surface area contributed by atoms with Gasteiger partial charge in [-0.1, -0.05) is 43.2 Å². The van der Waals surface area contributed by atoms with E-state index in [4.69, 9.17) is 4.74 Å². The Kier molecular flexibility index (Phi) is 6.12. The molecule has 1 aromatic carbocycles.